The van der Waals surface area contributed by atoms with Crippen LogP contribution in [0.1, 0.15) is 37.7 Å². The summed E-state index contributed by atoms with van der Waals surface area (Å²) in [4.78, 5) is 14.2. The van der Waals surface area contributed by atoms with Gasteiger partial charge >= 0.3 is 0 Å². The predicted octanol–water partition coefficient (Wildman–Crippen LogP) is 3.29. The lowest BCUT2D eigenvalue weighted by molar-refractivity contribution is -0.132. The van der Waals surface area contributed by atoms with Crippen LogP contribution in [0.25, 0.3) is 0 Å². The fourth-order valence-electron chi connectivity index (χ4n) is 2.17. The summed E-state index contributed by atoms with van der Waals surface area (Å²) in [6.45, 7) is 0.596. The summed E-state index contributed by atoms with van der Waals surface area (Å²) in [5, 5.41) is 9.47. The highest BCUT2D eigenvalue weighted by atomic mass is 35.5. The Hall–Kier alpha value is -1.22. The highest BCUT2D eigenvalue weighted by Gasteiger charge is 2.32. The van der Waals surface area contributed by atoms with E-state index in [1.807, 2.05) is 17.0 Å². The van der Waals surface area contributed by atoms with Crippen molar-refractivity contribution in [1.29, 1.82) is 0 Å². The Morgan fingerprint density at radius 1 is 1.37 bits per heavy atom. The van der Waals surface area contributed by atoms with E-state index in [1.54, 1.807) is 12.1 Å². The molecule has 0 bridgehead atoms. The molecule has 1 aliphatic rings. The first-order chi connectivity index (χ1) is 9.20. The number of benzene rings is 1. The van der Waals surface area contributed by atoms with Crippen molar-refractivity contribution in [2.75, 3.05) is 5.88 Å². The fourth-order valence-corrected chi connectivity index (χ4v) is 2.36. The van der Waals surface area contributed by atoms with Gasteiger partial charge in [-0.2, -0.15) is 0 Å². The van der Waals surface area contributed by atoms with Gasteiger partial charge < -0.3 is 10.0 Å². The molecule has 2 rings (SSSR count). The molecule has 19 heavy (non-hydrogen) atoms. The van der Waals surface area contributed by atoms with E-state index in [0.717, 1.165) is 31.2 Å². The summed E-state index contributed by atoms with van der Waals surface area (Å²) in [5.74, 6) is 1.07. The van der Waals surface area contributed by atoms with E-state index in [9.17, 15) is 9.90 Å². The zero-order valence-electron chi connectivity index (χ0n) is 11.0. The number of hydrogen-bond acceptors (Lipinski definition) is 2. The predicted molar refractivity (Wildman–Crippen MR) is 76.2 cm³/mol. The van der Waals surface area contributed by atoms with E-state index in [0.29, 0.717) is 24.9 Å². The summed E-state index contributed by atoms with van der Waals surface area (Å²) in [6, 6.07) is 7.52. The van der Waals surface area contributed by atoms with Crippen LogP contribution in [0.3, 0.4) is 0 Å². The molecule has 0 unspecified atom stereocenters. The second-order valence-electron chi connectivity index (χ2n) is 5.07. The number of hydrogen-bond donors (Lipinski definition) is 1. The Balaban J connectivity index is 1.94. The number of nitrogens with zero attached hydrogens (tertiary/aromatic N) is 1. The molecule has 0 saturated heterocycles. The third-order valence-electron chi connectivity index (χ3n) is 3.35. The van der Waals surface area contributed by atoms with Crippen molar-refractivity contribution in [3.63, 3.8) is 0 Å². The third-order valence-corrected chi connectivity index (χ3v) is 3.61. The van der Waals surface area contributed by atoms with Gasteiger partial charge in [-0.1, -0.05) is 12.1 Å². The Kier molecular flexibility index (Phi) is 5.08. The Labute approximate surface area is 119 Å². The van der Waals surface area contributed by atoms with E-state index >= 15 is 0 Å². The largest absolute Gasteiger partial charge is 0.508 e. The molecule has 104 valence electrons. The van der Waals surface area contributed by atoms with Crippen molar-refractivity contribution in [2.45, 2.75) is 44.7 Å². The van der Waals surface area contributed by atoms with Crippen LogP contribution in [0.2, 0.25) is 0 Å². The fraction of sp³-hybridized carbons (Fsp3) is 0.533. The van der Waals surface area contributed by atoms with Gasteiger partial charge in [0, 0.05) is 24.9 Å². The molecular weight excluding hydrogens is 262 g/mol. The minimum Gasteiger partial charge on any atom is -0.508 e. The highest BCUT2D eigenvalue weighted by Crippen LogP contribution is 2.29. The molecule has 1 aromatic rings. The van der Waals surface area contributed by atoms with Crippen LogP contribution in [0.4, 0.5) is 0 Å². The number of rotatable bonds is 7. The second kappa shape index (κ2) is 6.80. The molecule has 1 aliphatic carbocycles. The van der Waals surface area contributed by atoms with Gasteiger partial charge in [-0.3, -0.25) is 4.79 Å². The van der Waals surface area contributed by atoms with Gasteiger partial charge in [-0.05, 0) is 43.4 Å². The molecule has 0 heterocycles. The molecule has 0 radical (unpaired) electrons. The number of aromatic hydroxyl groups is 1. The van der Waals surface area contributed by atoms with E-state index in [1.165, 1.54) is 0 Å². The zero-order chi connectivity index (χ0) is 13.7. The van der Waals surface area contributed by atoms with Crippen molar-refractivity contribution in [2.24, 2.45) is 0 Å². The molecule has 3 nitrogen and oxygen atoms in total. The number of halogens is 1. The van der Waals surface area contributed by atoms with Crippen molar-refractivity contribution >= 4 is 17.5 Å². The van der Waals surface area contributed by atoms with Gasteiger partial charge in [0.25, 0.3) is 0 Å². The molecule has 1 N–H and O–H groups in total. The maximum atomic E-state index is 12.2. The van der Waals surface area contributed by atoms with Crippen LogP contribution in [-0.2, 0) is 11.3 Å². The number of phenols is 1. The lowest BCUT2D eigenvalue weighted by Gasteiger charge is -2.22. The molecule has 4 heteroatoms. The topological polar surface area (TPSA) is 40.5 Å². The molecule has 0 atom stereocenters. The first-order valence-corrected chi connectivity index (χ1v) is 7.37. The van der Waals surface area contributed by atoms with Crippen LogP contribution in [0.5, 0.6) is 5.75 Å². The molecule has 1 amide bonds. The lowest BCUT2D eigenvalue weighted by Crippen LogP contribution is -2.32. The van der Waals surface area contributed by atoms with Gasteiger partial charge in [0.2, 0.25) is 5.91 Å². The van der Waals surface area contributed by atoms with E-state index in [2.05, 4.69) is 0 Å². The maximum Gasteiger partial charge on any atom is 0.223 e. The second-order valence-corrected chi connectivity index (χ2v) is 5.45. The monoisotopic (exact) mass is 281 g/mol. The number of carbonyl (C=O) groups excluding carboxylic acids is 1. The van der Waals surface area contributed by atoms with Crippen LogP contribution in [-0.4, -0.2) is 27.8 Å². The average Bonchev–Trinajstić information content (AvgIpc) is 3.20. The normalized spacial score (nSPS) is 14.4. The Bertz CT molecular complexity index is 432. The number of phenolic OH excluding ortho intramolecular Hbond substituents is 1. The molecule has 1 saturated carbocycles. The molecule has 1 aromatic carbocycles. The summed E-state index contributed by atoms with van der Waals surface area (Å²) in [7, 11) is 0. The van der Waals surface area contributed by atoms with Crippen molar-refractivity contribution in [3.8, 4) is 5.75 Å². The van der Waals surface area contributed by atoms with Gasteiger partial charge in [-0.25, -0.2) is 0 Å². The third kappa shape index (κ3) is 4.43. The van der Waals surface area contributed by atoms with Crippen LogP contribution in [0.15, 0.2) is 24.3 Å². The number of alkyl halides is 1. The van der Waals surface area contributed by atoms with Gasteiger partial charge in [0.15, 0.2) is 0 Å². The minimum absolute atomic E-state index is 0.205. The van der Waals surface area contributed by atoms with Gasteiger partial charge in [0.05, 0.1) is 0 Å². The SMILES string of the molecule is O=C(CCCCCl)N(Cc1cccc(O)c1)C1CC1. The lowest BCUT2D eigenvalue weighted by atomic mass is 10.1. The standard InChI is InChI=1S/C15H20ClNO2/c16-9-2-1-6-15(19)17(13-7-8-13)11-12-4-3-5-14(18)10-12/h3-5,10,13,18H,1-2,6-9,11H2. The van der Waals surface area contributed by atoms with Gasteiger partial charge in [0.1, 0.15) is 5.75 Å². The average molecular weight is 282 g/mol. The van der Waals surface area contributed by atoms with Crippen molar-refractivity contribution < 1.29 is 9.90 Å². The Morgan fingerprint density at radius 3 is 2.79 bits per heavy atom. The maximum absolute atomic E-state index is 12.2. The molecule has 0 aliphatic heterocycles. The van der Waals surface area contributed by atoms with Gasteiger partial charge in [-0.15, -0.1) is 11.6 Å². The molecule has 0 aromatic heterocycles. The smallest absolute Gasteiger partial charge is 0.223 e. The van der Waals surface area contributed by atoms with Crippen molar-refractivity contribution in [3.05, 3.63) is 29.8 Å². The van der Waals surface area contributed by atoms with E-state index in [-0.39, 0.29) is 11.7 Å². The number of carbonyl (C=O) groups is 1. The summed E-state index contributed by atoms with van der Waals surface area (Å²) >= 11 is 5.63. The quantitative estimate of drug-likeness (QED) is 0.615. The molecule has 1 fully saturated rings. The zero-order valence-corrected chi connectivity index (χ0v) is 11.8. The summed E-state index contributed by atoms with van der Waals surface area (Å²) < 4.78 is 0. The van der Waals surface area contributed by atoms with Crippen molar-refractivity contribution in [1.82, 2.24) is 4.90 Å². The van der Waals surface area contributed by atoms with Crippen LogP contribution in [0, 0.1) is 0 Å². The first-order valence-electron chi connectivity index (χ1n) is 6.84. The minimum atomic E-state index is 0.205. The summed E-state index contributed by atoms with van der Waals surface area (Å²) in [6.07, 6.45) is 4.51. The number of unbranched alkanes of at least 4 members (excludes halogenated alkanes) is 1. The van der Waals surface area contributed by atoms with Crippen LogP contribution < -0.4 is 0 Å². The molecular formula is C15H20ClNO2. The summed E-state index contributed by atoms with van der Waals surface area (Å²) in [5.41, 5.74) is 0.984. The van der Waals surface area contributed by atoms with Crippen LogP contribution >= 0.6 is 11.6 Å². The van der Waals surface area contributed by atoms with E-state index in [4.69, 9.17) is 11.6 Å². The number of amides is 1. The first kappa shape index (κ1) is 14.2. The molecule has 0 spiro atoms. The highest BCUT2D eigenvalue weighted by molar-refractivity contribution is 6.17. The Morgan fingerprint density at radius 2 is 2.16 bits per heavy atom. The van der Waals surface area contributed by atoms with E-state index < -0.39 is 0 Å².